The topological polar surface area (TPSA) is 41.6 Å². The van der Waals surface area contributed by atoms with Gasteiger partial charge in [0.1, 0.15) is 5.75 Å². The first-order chi connectivity index (χ1) is 9.61. The van der Waals surface area contributed by atoms with Crippen LogP contribution in [0, 0.1) is 0 Å². The zero-order chi connectivity index (χ0) is 14.1. The van der Waals surface area contributed by atoms with E-state index in [4.69, 9.17) is 27.9 Å². The van der Waals surface area contributed by atoms with Crippen molar-refractivity contribution in [1.82, 2.24) is 10.2 Å². The van der Waals surface area contributed by atoms with E-state index in [1.54, 1.807) is 23.1 Å². The van der Waals surface area contributed by atoms with Crippen molar-refractivity contribution in [2.24, 2.45) is 0 Å². The number of benzene rings is 1. The third kappa shape index (κ3) is 3.03. The SMILES string of the molecule is O=C(Oc1ccc(Cl)c(Cl)c1)N1CC2CCCC(C1)N2. The second-order valence-corrected chi connectivity index (χ2v) is 6.15. The van der Waals surface area contributed by atoms with E-state index in [0.29, 0.717) is 41.0 Å². The number of piperazine rings is 1. The summed E-state index contributed by atoms with van der Waals surface area (Å²) in [6.07, 6.45) is 3.15. The van der Waals surface area contributed by atoms with Crippen LogP contribution in [-0.4, -0.2) is 36.2 Å². The molecule has 6 heteroatoms. The highest BCUT2D eigenvalue weighted by atomic mass is 35.5. The second kappa shape index (κ2) is 5.80. The number of halogens is 2. The van der Waals surface area contributed by atoms with Crippen molar-refractivity contribution in [2.45, 2.75) is 31.3 Å². The molecule has 4 nitrogen and oxygen atoms in total. The molecule has 2 aliphatic heterocycles. The van der Waals surface area contributed by atoms with Gasteiger partial charge >= 0.3 is 6.09 Å². The Kier molecular flexibility index (Phi) is 4.06. The molecule has 2 bridgehead atoms. The number of hydrogen-bond acceptors (Lipinski definition) is 3. The maximum absolute atomic E-state index is 12.2. The van der Waals surface area contributed by atoms with Crippen molar-refractivity contribution in [2.75, 3.05) is 13.1 Å². The highest BCUT2D eigenvalue weighted by Gasteiger charge is 2.32. The number of nitrogens with zero attached hydrogens (tertiary/aromatic N) is 1. The number of hydrogen-bond donors (Lipinski definition) is 1. The first kappa shape index (κ1) is 14.0. The van der Waals surface area contributed by atoms with Crippen LogP contribution in [0.2, 0.25) is 10.0 Å². The highest BCUT2D eigenvalue weighted by Crippen LogP contribution is 2.27. The van der Waals surface area contributed by atoms with Crippen LogP contribution in [0.5, 0.6) is 5.75 Å². The first-order valence-corrected chi connectivity index (χ1v) is 7.55. The minimum atomic E-state index is -0.318. The molecule has 2 unspecified atom stereocenters. The monoisotopic (exact) mass is 314 g/mol. The van der Waals surface area contributed by atoms with Crippen molar-refractivity contribution in [1.29, 1.82) is 0 Å². The summed E-state index contributed by atoms with van der Waals surface area (Å²) in [7, 11) is 0. The Hall–Kier alpha value is -0.970. The molecule has 2 saturated heterocycles. The van der Waals surface area contributed by atoms with Gasteiger partial charge in [0.2, 0.25) is 0 Å². The van der Waals surface area contributed by atoms with Crippen molar-refractivity contribution in [3.05, 3.63) is 28.2 Å². The van der Waals surface area contributed by atoms with E-state index >= 15 is 0 Å². The number of piperidine rings is 1. The van der Waals surface area contributed by atoms with Gasteiger partial charge in [0.25, 0.3) is 0 Å². The number of rotatable bonds is 1. The molecular formula is C14H16Cl2N2O2. The Morgan fingerprint density at radius 3 is 2.55 bits per heavy atom. The summed E-state index contributed by atoms with van der Waals surface area (Å²) in [5.41, 5.74) is 0. The fourth-order valence-corrected chi connectivity index (χ4v) is 3.15. The number of carbonyl (C=O) groups excluding carboxylic acids is 1. The number of likely N-dealkylation sites (tertiary alicyclic amines) is 1. The summed E-state index contributed by atoms with van der Waals surface area (Å²) >= 11 is 11.8. The molecule has 20 heavy (non-hydrogen) atoms. The summed E-state index contributed by atoms with van der Waals surface area (Å²) in [6.45, 7) is 1.41. The van der Waals surface area contributed by atoms with Crippen molar-refractivity contribution in [3.8, 4) is 5.75 Å². The molecule has 1 N–H and O–H groups in total. The summed E-state index contributed by atoms with van der Waals surface area (Å²) in [5, 5.41) is 4.36. The number of ether oxygens (including phenoxy) is 1. The van der Waals surface area contributed by atoms with Gasteiger partial charge in [-0.3, -0.25) is 0 Å². The molecule has 3 rings (SSSR count). The van der Waals surface area contributed by atoms with Crippen LogP contribution in [0.15, 0.2) is 18.2 Å². The molecule has 1 amide bonds. The molecule has 0 radical (unpaired) electrons. The molecule has 0 aliphatic carbocycles. The highest BCUT2D eigenvalue weighted by molar-refractivity contribution is 6.42. The van der Waals surface area contributed by atoms with Gasteiger partial charge in [-0.1, -0.05) is 29.6 Å². The zero-order valence-electron chi connectivity index (χ0n) is 10.9. The molecule has 1 aromatic rings. The van der Waals surface area contributed by atoms with Gasteiger partial charge in [0, 0.05) is 31.2 Å². The number of fused-ring (bicyclic) bond motifs is 2. The predicted octanol–water partition coefficient (Wildman–Crippen LogP) is 3.32. The van der Waals surface area contributed by atoms with Crippen molar-refractivity contribution < 1.29 is 9.53 Å². The summed E-state index contributed by atoms with van der Waals surface area (Å²) in [6, 6.07) is 5.62. The number of amides is 1. The van der Waals surface area contributed by atoms with E-state index in [1.807, 2.05) is 0 Å². The molecule has 0 spiro atoms. The van der Waals surface area contributed by atoms with E-state index in [2.05, 4.69) is 5.32 Å². The van der Waals surface area contributed by atoms with Crippen LogP contribution < -0.4 is 10.1 Å². The Labute approximate surface area is 128 Å². The summed E-state index contributed by atoms with van der Waals surface area (Å²) in [5.74, 6) is 0.424. The molecule has 108 valence electrons. The van der Waals surface area contributed by atoms with Gasteiger partial charge in [-0.15, -0.1) is 0 Å². The molecular weight excluding hydrogens is 299 g/mol. The van der Waals surface area contributed by atoms with E-state index in [-0.39, 0.29) is 6.09 Å². The first-order valence-electron chi connectivity index (χ1n) is 6.79. The van der Waals surface area contributed by atoms with Crippen LogP contribution in [-0.2, 0) is 0 Å². The van der Waals surface area contributed by atoms with E-state index in [1.165, 1.54) is 6.42 Å². The standard InChI is InChI=1S/C14H16Cl2N2O2/c15-12-5-4-11(6-13(12)16)20-14(19)18-7-9-2-1-3-10(8-18)17-9/h4-6,9-10,17H,1-3,7-8H2. The zero-order valence-corrected chi connectivity index (χ0v) is 12.5. The van der Waals surface area contributed by atoms with Gasteiger partial charge in [-0.05, 0) is 25.0 Å². The van der Waals surface area contributed by atoms with Gasteiger partial charge in [0.15, 0.2) is 0 Å². The third-order valence-corrected chi connectivity index (χ3v) is 4.55. The fraction of sp³-hybridized carbons (Fsp3) is 0.500. The lowest BCUT2D eigenvalue weighted by Crippen LogP contribution is -2.60. The lowest BCUT2D eigenvalue weighted by Gasteiger charge is -2.41. The van der Waals surface area contributed by atoms with Gasteiger partial charge < -0.3 is 15.0 Å². The summed E-state index contributed by atoms with van der Waals surface area (Å²) < 4.78 is 5.37. The largest absolute Gasteiger partial charge is 0.415 e. The quantitative estimate of drug-likeness (QED) is 0.864. The summed E-state index contributed by atoms with van der Waals surface area (Å²) in [4.78, 5) is 14.0. The molecule has 0 saturated carbocycles. The Bertz CT molecular complexity index is 512. The lowest BCUT2D eigenvalue weighted by molar-refractivity contribution is 0.105. The maximum atomic E-state index is 12.2. The number of nitrogens with one attached hydrogen (secondary N) is 1. The molecule has 2 atom stereocenters. The predicted molar refractivity (Wildman–Crippen MR) is 78.6 cm³/mol. The Morgan fingerprint density at radius 2 is 1.90 bits per heavy atom. The fourth-order valence-electron chi connectivity index (χ4n) is 2.86. The average Bonchev–Trinajstić information content (AvgIpc) is 2.42. The second-order valence-electron chi connectivity index (χ2n) is 5.34. The van der Waals surface area contributed by atoms with Crippen LogP contribution in [0.3, 0.4) is 0 Å². The normalized spacial score (nSPS) is 25.4. The molecule has 0 aromatic heterocycles. The molecule has 2 aliphatic rings. The lowest BCUT2D eigenvalue weighted by atomic mass is 9.94. The molecule has 1 aromatic carbocycles. The van der Waals surface area contributed by atoms with Crippen LogP contribution in [0.25, 0.3) is 0 Å². The molecule has 2 heterocycles. The minimum absolute atomic E-state index is 0.318. The van der Waals surface area contributed by atoms with Gasteiger partial charge in [-0.25, -0.2) is 4.79 Å². The van der Waals surface area contributed by atoms with E-state index in [0.717, 1.165) is 12.8 Å². The van der Waals surface area contributed by atoms with Gasteiger partial charge in [0.05, 0.1) is 10.0 Å². The number of carbonyl (C=O) groups is 1. The van der Waals surface area contributed by atoms with E-state index < -0.39 is 0 Å². The average molecular weight is 315 g/mol. The molecule has 2 fully saturated rings. The smallest absolute Gasteiger partial charge is 0.410 e. The Balaban J connectivity index is 1.65. The maximum Gasteiger partial charge on any atom is 0.415 e. The third-order valence-electron chi connectivity index (χ3n) is 3.81. The van der Waals surface area contributed by atoms with Gasteiger partial charge in [-0.2, -0.15) is 0 Å². The Morgan fingerprint density at radius 1 is 1.20 bits per heavy atom. The minimum Gasteiger partial charge on any atom is -0.410 e. The van der Waals surface area contributed by atoms with Crippen molar-refractivity contribution >= 4 is 29.3 Å². The van der Waals surface area contributed by atoms with Crippen LogP contribution in [0.1, 0.15) is 19.3 Å². The van der Waals surface area contributed by atoms with Crippen molar-refractivity contribution in [3.63, 3.8) is 0 Å². The van der Waals surface area contributed by atoms with E-state index in [9.17, 15) is 4.79 Å². The van der Waals surface area contributed by atoms with Crippen LogP contribution in [0.4, 0.5) is 4.79 Å². The van der Waals surface area contributed by atoms with Crippen LogP contribution >= 0.6 is 23.2 Å².